The zero-order valence-corrected chi connectivity index (χ0v) is 10.5. The summed E-state index contributed by atoms with van der Waals surface area (Å²) < 4.78 is 0. The third-order valence-electron chi connectivity index (χ3n) is 2.24. The number of hydrogen-bond acceptors (Lipinski definition) is 5. The van der Waals surface area contributed by atoms with Crippen molar-refractivity contribution in [3.63, 3.8) is 0 Å². The molecule has 0 spiro atoms. The molecule has 6 nitrogen and oxygen atoms in total. The molecule has 0 atom stereocenters. The summed E-state index contributed by atoms with van der Waals surface area (Å²) in [7, 11) is 0. The maximum atomic E-state index is 10.8. The first-order valence-electron chi connectivity index (χ1n) is 5.71. The van der Waals surface area contributed by atoms with E-state index in [4.69, 9.17) is 10.4 Å². The minimum absolute atomic E-state index is 0.0850. The summed E-state index contributed by atoms with van der Waals surface area (Å²) in [5.74, 6) is -0.216. The molecule has 0 bridgehead atoms. The fourth-order valence-electron chi connectivity index (χ4n) is 1.54. The molecule has 96 valence electrons. The Hall–Kier alpha value is -2.16. The largest absolute Gasteiger partial charge is 0.476 e. The molecule has 0 saturated heterocycles. The van der Waals surface area contributed by atoms with Gasteiger partial charge in [-0.1, -0.05) is 13.8 Å². The maximum Gasteiger partial charge on any atom is 0.356 e. The molecule has 0 amide bonds. The lowest BCUT2D eigenvalue weighted by Crippen LogP contribution is -2.30. The zero-order chi connectivity index (χ0) is 13.5. The predicted octanol–water partition coefficient (Wildman–Crippen LogP) is 1.55. The Balaban J connectivity index is 2.93. The highest BCUT2D eigenvalue weighted by molar-refractivity contribution is 5.85. The smallest absolute Gasteiger partial charge is 0.356 e. The van der Waals surface area contributed by atoms with Gasteiger partial charge in [0.15, 0.2) is 5.69 Å². The number of carboxylic acids is 1. The van der Waals surface area contributed by atoms with Gasteiger partial charge in [0.1, 0.15) is 5.82 Å². The summed E-state index contributed by atoms with van der Waals surface area (Å²) in [4.78, 5) is 20.6. The fraction of sp³-hybridized carbons (Fsp3) is 0.500. The van der Waals surface area contributed by atoms with E-state index < -0.39 is 5.97 Å². The van der Waals surface area contributed by atoms with Crippen molar-refractivity contribution in [2.75, 3.05) is 18.0 Å². The van der Waals surface area contributed by atoms with Gasteiger partial charge in [-0.15, -0.1) is 0 Å². The van der Waals surface area contributed by atoms with Crippen LogP contribution in [0, 0.1) is 17.2 Å². The molecule has 0 aliphatic rings. The van der Waals surface area contributed by atoms with Crippen molar-refractivity contribution in [2.45, 2.75) is 20.3 Å². The molecule has 0 aliphatic heterocycles. The lowest BCUT2D eigenvalue weighted by atomic mass is 10.2. The van der Waals surface area contributed by atoms with Crippen molar-refractivity contribution in [1.82, 2.24) is 9.97 Å². The minimum Gasteiger partial charge on any atom is -0.476 e. The summed E-state index contributed by atoms with van der Waals surface area (Å²) in [5.41, 5.74) is -0.0850. The second-order valence-corrected chi connectivity index (χ2v) is 4.32. The number of aromatic nitrogens is 2. The van der Waals surface area contributed by atoms with Crippen molar-refractivity contribution in [3.8, 4) is 6.07 Å². The average Bonchev–Trinajstić information content (AvgIpc) is 2.34. The van der Waals surface area contributed by atoms with Gasteiger partial charge in [-0.3, -0.25) is 4.98 Å². The van der Waals surface area contributed by atoms with Gasteiger partial charge in [-0.2, -0.15) is 5.26 Å². The van der Waals surface area contributed by atoms with Crippen molar-refractivity contribution in [1.29, 1.82) is 5.26 Å². The number of rotatable bonds is 6. The average molecular weight is 248 g/mol. The molecule has 0 aliphatic carbocycles. The Labute approximate surface area is 106 Å². The highest BCUT2D eigenvalue weighted by Gasteiger charge is 2.13. The second kappa shape index (κ2) is 6.55. The van der Waals surface area contributed by atoms with Crippen LogP contribution < -0.4 is 4.90 Å². The fourth-order valence-corrected chi connectivity index (χ4v) is 1.54. The van der Waals surface area contributed by atoms with Crippen LogP contribution in [0.5, 0.6) is 0 Å². The lowest BCUT2D eigenvalue weighted by Gasteiger charge is -2.24. The van der Waals surface area contributed by atoms with E-state index in [0.29, 0.717) is 31.2 Å². The quantitative estimate of drug-likeness (QED) is 0.821. The predicted molar refractivity (Wildman–Crippen MR) is 66.3 cm³/mol. The Morgan fingerprint density at radius 3 is 2.83 bits per heavy atom. The molecule has 1 aromatic rings. The van der Waals surface area contributed by atoms with E-state index in [1.807, 2.05) is 18.7 Å². The zero-order valence-electron chi connectivity index (χ0n) is 10.5. The van der Waals surface area contributed by atoms with E-state index in [2.05, 4.69) is 16.0 Å². The molecule has 1 heterocycles. The summed E-state index contributed by atoms with van der Waals surface area (Å²) in [5, 5.41) is 17.5. The van der Waals surface area contributed by atoms with Crippen LogP contribution in [-0.4, -0.2) is 34.1 Å². The van der Waals surface area contributed by atoms with Crippen LogP contribution in [-0.2, 0) is 0 Å². The summed E-state index contributed by atoms with van der Waals surface area (Å²) in [6, 6.07) is 2.07. The lowest BCUT2D eigenvalue weighted by molar-refractivity contribution is 0.0690. The number of nitrogens with zero attached hydrogens (tertiary/aromatic N) is 4. The number of nitriles is 1. The van der Waals surface area contributed by atoms with Gasteiger partial charge in [0, 0.05) is 13.1 Å². The molecule has 1 rings (SSSR count). The van der Waals surface area contributed by atoms with Gasteiger partial charge in [0.2, 0.25) is 0 Å². The second-order valence-electron chi connectivity index (χ2n) is 4.32. The number of hydrogen-bond donors (Lipinski definition) is 1. The van der Waals surface area contributed by atoms with Gasteiger partial charge < -0.3 is 10.0 Å². The highest BCUT2D eigenvalue weighted by Crippen LogP contribution is 2.12. The number of anilines is 1. The van der Waals surface area contributed by atoms with Crippen LogP contribution in [0.15, 0.2) is 12.4 Å². The van der Waals surface area contributed by atoms with Crippen molar-refractivity contribution >= 4 is 11.8 Å². The number of carboxylic acid groups (broad SMARTS) is 1. The first-order valence-corrected chi connectivity index (χ1v) is 5.71. The first-order chi connectivity index (χ1) is 8.54. The van der Waals surface area contributed by atoms with Crippen LogP contribution in [0.25, 0.3) is 0 Å². The molecule has 0 aromatic carbocycles. The monoisotopic (exact) mass is 248 g/mol. The Morgan fingerprint density at radius 2 is 2.28 bits per heavy atom. The van der Waals surface area contributed by atoms with Crippen molar-refractivity contribution < 1.29 is 9.90 Å². The summed E-state index contributed by atoms with van der Waals surface area (Å²) in [6.07, 6.45) is 3.10. The third-order valence-corrected chi connectivity index (χ3v) is 2.24. The Kier molecular flexibility index (Phi) is 5.06. The Bertz CT molecular complexity index is 454. The topological polar surface area (TPSA) is 90.1 Å². The van der Waals surface area contributed by atoms with Crippen LogP contribution in [0.4, 0.5) is 5.82 Å². The van der Waals surface area contributed by atoms with E-state index >= 15 is 0 Å². The first kappa shape index (κ1) is 13.9. The van der Waals surface area contributed by atoms with Crippen molar-refractivity contribution in [2.24, 2.45) is 5.92 Å². The highest BCUT2D eigenvalue weighted by atomic mass is 16.4. The van der Waals surface area contributed by atoms with E-state index in [-0.39, 0.29) is 5.69 Å². The van der Waals surface area contributed by atoms with Crippen LogP contribution in [0.2, 0.25) is 0 Å². The van der Waals surface area contributed by atoms with Gasteiger partial charge in [0.25, 0.3) is 0 Å². The summed E-state index contributed by atoms with van der Waals surface area (Å²) >= 11 is 0. The maximum absolute atomic E-state index is 10.8. The van der Waals surface area contributed by atoms with Crippen LogP contribution >= 0.6 is 0 Å². The number of carbonyl (C=O) groups is 1. The van der Waals surface area contributed by atoms with E-state index in [0.717, 1.165) is 0 Å². The van der Waals surface area contributed by atoms with Crippen LogP contribution in [0.1, 0.15) is 30.8 Å². The van der Waals surface area contributed by atoms with E-state index in [9.17, 15) is 4.79 Å². The van der Waals surface area contributed by atoms with Gasteiger partial charge in [-0.05, 0) is 5.92 Å². The van der Waals surface area contributed by atoms with Gasteiger partial charge in [-0.25, -0.2) is 9.78 Å². The standard InChI is InChI=1S/C12H16N4O2/c1-9(2)8-16(5-3-4-13)11-7-14-6-10(15-11)12(17)18/h6-7,9H,3,5,8H2,1-2H3,(H,17,18). The molecule has 0 unspecified atom stereocenters. The molecule has 1 aromatic heterocycles. The van der Waals surface area contributed by atoms with Crippen LogP contribution in [0.3, 0.4) is 0 Å². The van der Waals surface area contributed by atoms with E-state index in [1.54, 1.807) is 0 Å². The molecular formula is C12H16N4O2. The van der Waals surface area contributed by atoms with Gasteiger partial charge in [0.05, 0.1) is 24.9 Å². The Morgan fingerprint density at radius 1 is 1.56 bits per heavy atom. The summed E-state index contributed by atoms with van der Waals surface area (Å²) in [6.45, 7) is 5.33. The minimum atomic E-state index is -1.10. The molecule has 0 radical (unpaired) electrons. The molecule has 18 heavy (non-hydrogen) atoms. The molecule has 0 fully saturated rings. The van der Waals surface area contributed by atoms with Crippen molar-refractivity contribution in [3.05, 3.63) is 18.1 Å². The normalized spacial score (nSPS) is 10.1. The number of aromatic carboxylic acids is 1. The molecule has 0 saturated carbocycles. The third kappa shape index (κ3) is 4.01. The van der Waals surface area contributed by atoms with Gasteiger partial charge >= 0.3 is 5.97 Å². The molecule has 1 N–H and O–H groups in total. The van der Waals surface area contributed by atoms with E-state index in [1.165, 1.54) is 12.4 Å². The molecular weight excluding hydrogens is 232 g/mol. The molecule has 6 heteroatoms. The SMILES string of the molecule is CC(C)CN(CCC#N)c1cncc(C(=O)O)n1.